The predicted molar refractivity (Wildman–Crippen MR) is 64.0 cm³/mol. The van der Waals surface area contributed by atoms with Gasteiger partial charge in [0.25, 0.3) is 0 Å². The molecular weight excluding hydrogens is 249 g/mol. The molecule has 0 saturated carbocycles. The molecule has 1 heterocycles. The van der Waals surface area contributed by atoms with Crippen molar-refractivity contribution >= 4 is 34.8 Å². The van der Waals surface area contributed by atoms with Crippen molar-refractivity contribution in [1.82, 2.24) is 0 Å². The monoisotopic (exact) mass is 259 g/mol. The molecule has 3 nitrogen and oxygen atoms in total. The number of anilines is 1. The molecule has 1 aromatic rings. The van der Waals surface area contributed by atoms with Gasteiger partial charge in [0, 0.05) is 25.0 Å². The van der Waals surface area contributed by atoms with Gasteiger partial charge in [-0.05, 0) is 18.2 Å². The second-order valence-corrected chi connectivity index (χ2v) is 4.43. The van der Waals surface area contributed by atoms with E-state index in [-0.39, 0.29) is 12.1 Å². The lowest BCUT2D eigenvalue weighted by atomic mass is 10.3. The van der Waals surface area contributed by atoms with Crippen molar-refractivity contribution in [3.63, 3.8) is 0 Å². The minimum Gasteiger partial charge on any atom is -0.361 e. The summed E-state index contributed by atoms with van der Waals surface area (Å²) >= 11 is 11.9. The van der Waals surface area contributed by atoms with Gasteiger partial charge in [0.2, 0.25) is 5.91 Å². The van der Waals surface area contributed by atoms with Gasteiger partial charge in [-0.2, -0.15) is 0 Å². The van der Waals surface area contributed by atoms with Gasteiger partial charge in [-0.15, -0.1) is 0 Å². The molecule has 5 heteroatoms. The highest BCUT2D eigenvalue weighted by molar-refractivity contribution is 6.36. The predicted octanol–water partition coefficient (Wildman–Crippen LogP) is 3.09. The molecule has 1 atom stereocenters. The molecule has 1 saturated heterocycles. The number of nitrogens with zero attached hydrogens (tertiary/aromatic N) is 1. The van der Waals surface area contributed by atoms with Gasteiger partial charge in [0.1, 0.15) is 6.23 Å². The Morgan fingerprint density at radius 2 is 2.19 bits per heavy atom. The average Bonchev–Trinajstić information content (AvgIpc) is 2.60. The van der Waals surface area contributed by atoms with E-state index in [1.165, 1.54) is 0 Å². The molecule has 0 spiro atoms. The summed E-state index contributed by atoms with van der Waals surface area (Å²) in [6.45, 7) is 0. The highest BCUT2D eigenvalue weighted by Crippen LogP contribution is 2.34. The highest BCUT2D eigenvalue weighted by atomic mass is 35.5. The van der Waals surface area contributed by atoms with Gasteiger partial charge in [0.15, 0.2) is 0 Å². The van der Waals surface area contributed by atoms with Crippen molar-refractivity contribution in [1.29, 1.82) is 0 Å². The highest BCUT2D eigenvalue weighted by Gasteiger charge is 2.33. The van der Waals surface area contributed by atoms with Crippen LogP contribution in [0.4, 0.5) is 5.69 Å². The second-order valence-electron chi connectivity index (χ2n) is 3.59. The lowest BCUT2D eigenvalue weighted by Crippen LogP contribution is -2.34. The zero-order valence-corrected chi connectivity index (χ0v) is 10.3. The number of amides is 1. The Bertz CT molecular complexity index is 422. The molecule has 1 fully saturated rings. The lowest BCUT2D eigenvalue weighted by Gasteiger charge is -2.24. The molecule has 0 N–H and O–H groups in total. The molecule has 0 aromatic heterocycles. The third-order valence-electron chi connectivity index (χ3n) is 2.60. The van der Waals surface area contributed by atoms with Crippen molar-refractivity contribution in [2.45, 2.75) is 19.1 Å². The van der Waals surface area contributed by atoms with E-state index in [0.29, 0.717) is 28.6 Å². The van der Waals surface area contributed by atoms with Gasteiger partial charge in [-0.25, -0.2) is 0 Å². The van der Waals surface area contributed by atoms with E-state index in [0.717, 1.165) is 0 Å². The summed E-state index contributed by atoms with van der Waals surface area (Å²) in [6.07, 6.45) is 0.942. The van der Waals surface area contributed by atoms with Crippen LogP contribution in [0.1, 0.15) is 12.8 Å². The number of hydrogen-bond acceptors (Lipinski definition) is 2. The number of ether oxygens (including phenoxy) is 1. The minimum atomic E-state index is -0.230. The molecule has 16 heavy (non-hydrogen) atoms. The number of halogens is 2. The van der Waals surface area contributed by atoms with Crippen molar-refractivity contribution in [3.05, 3.63) is 28.2 Å². The van der Waals surface area contributed by atoms with E-state index in [9.17, 15) is 4.79 Å². The van der Waals surface area contributed by atoms with Crippen molar-refractivity contribution in [2.75, 3.05) is 12.0 Å². The molecule has 0 aliphatic carbocycles. The summed E-state index contributed by atoms with van der Waals surface area (Å²) < 4.78 is 5.25. The van der Waals surface area contributed by atoms with Crippen LogP contribution in [0, 0.1) is 0 Å². The van der Waals surface area contributed by atoms with Crippen LogP contribution in [-0.2, 0) is 9.53 Å². The largest absolute Gasteiger partial charge is 0.361 e. The van der Waals surface area contributed by atoms with Crippen LogP contribution >= 0.6 is 23.2 Å². The van der Waals surface area contributed by atoms with E-state index < -0.39 is 0 Å². The fourth-order valence-electron chi connectivity index (χ4n) is 1.85. The van der Waals surface area contributed by atoms with Crippen LogP contribution in [0.15, 0.2) is 18.2 Å². The smallest absolute Gasteiger partial charge is 0.229 e. The number of carbonyl (C=O) groups is 1. The number of benzene rings is 1. The molecule has 1 aliphatic rings. The maximum Gasteiger partial charge on any atom is 0.229 e. The third kappa shape index (κ3) is 2.03. The van der Waals surface area contributed by atoms with Crippen LogP contribution in [-0.4, -0.2) is 19.2 Å². The number of rotatable bonds is 2. The van der Waals surface area contributed by atoms with E-state index in [1.54, 1.807) is 30.2 Å². The summed E-state index contributed by atoms with van der Waals surface area (Å²) in [5.41, 5.74) is 0.653. The van der Waals surface area contributed by atoms with E-state index in [2.05, 4.69) is 0 Å². The first-order valence-corrected chi connectivity index (χ1v) is 5.69. The molecule has 1 aromatic carbocycles. The summed E-state index contributed by atoms with van der Waals surface area (Å²) in [5.74, 6) is 0.0241. The SMILES string of the molecule is CO[C@@H]1CCC(=O)N1c1ccc(Cl)cc1Cl. The Labute approximate surface area is 104 Å². The van der Waals surface area contributed by atoms with Gasteiger partial charge in [0.05, 0.1) is 10.7 Å². The Kier molecular flexibility index (Phi) is 3.38. The molecule has 1 amide bonds. The van der Waals surface area contributed by atoms with Gasteiger partial charge < -0.3 is 4.74 Å². The Morgan fingerprint density at radius 3 is 2.81 bits per heavy atom. The molecule has 2 rings (SSSR count). The second kappa shape index (κ2) is 4.62. The quantitative estimate of drug-likeness (QED) is 0.817. The van der Waals surface area contributed by atoms with Crippen molar-refractivity contribution < 1.29 is 9.53 Å². The van der Waals surface area contributed by atoms with Crippen molar-refractivity contribution in [2.24, 2.45) is 0 Å². The molecule has 0 unspecified atom stereocenters. The van der Waals surface area contributed by atoms with Crippen LogP contribution < -0.4 is 4.90 Å². The fraction of sp³-hybridized carbons (Fsp3) is 0.364. The topological polar surface area (TPSA) is 29.5 Å². The first-order valence-electron chi connectivity index (χ1n) is 4.93. The van der Waals surface area contributed by atoms with Crippen LogP contribution in [0.5, 0.6) is 0 Å². The lowest BCUT2D eigenvalue weighted by molar-refractivity contribution is -0.117. The maximum atomic E-state index is 11.7. The molecule has 0 bridgehead atoms. The maximum absolute atomic E-state index is 11.7. The standard InChI is InChI=1S/C11H11Cl2NO2/c1-16-11-5-4-10(15)14(11)9-3-2-7(12)6-8(9)13/h2-3,6,11H,4-5H2,1H3/t11-/m1/s1. The Balaban J connectivity index is 2.38. The molecule has 86 valence electrons. The van der Waals surface area contributed by atoms with Crippen LogP contribution in [0.3, 0.4) is 0 Å². The minimum absolute atomic E-state index is 0.0241. The molecule has 0 radical (unpaired) electrons. The van der Waals surface area contributed by atoms with Gasteiger partial charge in [-0.3, -0.25) is 9.69 Å². The number of hydrogen-bond donors (Lipinski definition) is 0. The van der Waals surface area contributed by atoms with Gasteiger partial charge in [-0.1, -0.05) is 23.2 Å². The number of carbonyl (C=O) groups excluding carboxylic acids is 1. The summed E-state index contributed by atoms with van der Waals surface area (Å²) in [4.78, 5) is 13.3. The zero-order valence-electron chi connectivity index (χ0n) is 8.74. The summed E-state index contributed by atoms with van der Waals surface area (Å²) in [7, 11) is 1.58. The summed E-state index contributed by atoms with van der Waals surface area (Å²) in [6, 6.07) is 5.07. The first kappa shape index (κ1) is 11.7. The van der Waals surface area contributed by atoms with E-state index in [4.69, 9.17) is 27.9 Å². The normalized spacial score (nSPS) is 20.6. The van der Waals surface area contributed by atoms with Crippen molar-refractivity contribution in [3.8, 4) is 0 Å². The average molecular weight is 260 g/mol. The first-order chi connectivity index (χ1) is 7.63. The number of methoxy groups -OCH3 is 1. The third-order valence-corrected chi connectivity index (χ3v) is 3.14. The van der Waals surface area contributed by atoms with Crippen LogP contribution in [0.2, 0.25) is 10.0 Å². The van der Waals surface area contributed by atoms with Gasteiger partial charge >= 0.3 is 0 Å². The molecular formula is C11H11Cl2NO2. The fourth-order valence-corrected chi connectivity index (χ4v) is 2.35. The van der Waals surface area contributed by atoms with E-state index in [1.807, 2.05) is 0 Å². The zero-order chi connectivity index (χ0) is 11.7. The Morgan fingerprint density at radius 1 is 1.44 bits per heavy atom. The van der Waals surface area contributed by atoms with Crippen LogP contribution in [0.25, 0.3) is 0 Å². The molecule has 1 aliphatic heterocycles. The Hall–Kier alpha value is -0.770. The van der Waals surface area contributed by atoms with E-state index >= 15 is 0 Å². The summed E-state index contributed by atoms with van der Waals surface area (Å²) in [5, 5.41) is 1.01.